The summed E-state index contributed by atoms with van der Waals surface area (Å²) in [5, 5.41) is 10.8. The minimum absolute atomic E-state index is 0.226. The molecule has 0 radical (unpaired) electrons. The van der Waals surface area contributed by atoms with Crippen LogP contribution in [-0.4, -0.2) is 11.5 Å². The maximum atomic E-state index is 10.8. The number of hydrogen-bond donors (Lipinski definition) is 1. The molecular formula is C12H18N2O2. The van der Waals surface area contributed by atoms with Gasteiger partial charge < -0.3 is 5.73 Å². The third kappa shape index (κ3) is 2.58. The zero-order valence-corrected chi connectivity index (χ0v) is 9.99. The summed E-state index contributed by atoms with van der Waals surface area (Å²) in [6, 6.07) is 3.79. The van der Waals surface area contributed by atoms with Gasteiger partial charge in [0.2, 0.25) is 0 Å². The molecule has 4 heteroatoms. The van der Waals surface area contributed by atoms with Crippen LogP contribution in [-0.2, 0) is 0 Å². The first-order chi connectivity index (χ1) is 7.47. The summed E-state index contributed by atoms with van der Waals surface area (Å²) in [4.78, 5) is 10.5. The van der Waals surface area contributed by atoms with Crippen LogP contribution < -0.4 is 5.73 Å². The molecule has 1 unspecified atom stereocenters. The van der Waals surface area contributed by atoms with Gasteiger partial charge in [0.25, 0.3) is 5.69 Å². The minimum Gasteiger partial charge on any atom is -0.330 e. The lowest BCUT2D eigenvalue weighted by atomic mass is 9.93. The quantitative estimate of drug-likeness (QED) is 0.629. The van der Waals surface area contributed by atoms with Crippen molar-refractivity contribution in [3.63, 3.8) is 0 Å². The van der Waals surface area contributed by atoms with Crippen LogP contribution in [0.15, 0.2) is 12.1 Å². The van der Waals surface area contributed by atoms with Gasteiger partial charge in [-0.15, -0.1) is 0 Å². The van der Waals surface area contributed by atoms with E-state index in [4.69, 9.17) is 5.73 Å². The van der Waals surface area contributed by atoms with Crippen LogP contribution >= 0.6 is 0 Å². The molecule has 4 nitrogen and oxygen atoms in total. The number of nitrogens with two attached hydrogens (primary N) is 1. The Morgan fingerprint density at radius 3 is 2.25 bits per heavy atom. The number of aryl methyl sites for hydroxylation is 2. The molecule has 0 aromatic heterocycles. The summed E-state index contributed by atoms with van der Waals surface area (Å²) in [6.07, 6.45) is 0.899. The van der Waals surface area contributed by atoms with Crippen molar-refractivity contribution >= 4 is 5.69 Å². The molecule has 1 atom stereocenters. The van der Waals surface area contributed by atoms with E-state index in [2.05, 4.69) is 6.92 Å². The number of nitro groups is 1. The van der Waals surface area contributed by atoms with E-state index in [1.54, 1.807) is 13.8 Å². The SMILES string of the molecule is Cc1cc(C(C)CCN)cc(C)c1[N+](=O)[O-]. The summed E-state index contributed by atoms with van der Waals surface area (Å²) in [7, 11) is 0. The fraction of sp³-hybridized carbons (Fsp3) is 0.500. The predicted octanol–water partition coefficient (Wildman–Crippen LogP) is 2.66. The summed E-state index contributed by atoms with van der Waals surface area (Å²) in [5.74, 6) is 0.350. The molecule has 0 saturated heterocycles. The highest BCUT2D eigenvalue weighted by atomic mass is 16.6. The van der Waals surface area contributed by atoms with Crippen LogP contribution in [0, 0.1) is 24.0 Å². The molecule has 88 valence electrons. The molecule has 0 aliphatic rings. The second kappa shape index (κ2) is 5.07. The number of nitro benzene ring substituents is 1. The molecule has 0 spiro atoms. The van der Waals surface area contributed by atoms with Crippen molar-refractivity contribution in [2.75, 3.05) is 6.54 Å². The predicted molar refractivity (Wildman–Crippen MR) is 64.7 cm³/mol. The van der Waals surface area contributed by atoms with Gasteiger partial charge in [-0.25, -0.2) is 0 Å². The van der Waals surface area contributed by atoms with Gasteiger partial charge in [0, 0.05) is 11.1 Å². The van der Waals surface area contributed by atoms with Gasteiger partial charge in [0.05, 0.1) is 4.92 Å². The molecule has 0 fully saturated rings. The summed E-state index contributed by atoms with van der Waals surface area (Å²) in [6.45, 7) is 6.29. The topological polar surface area (TPSA) is 69.2 Å². The zero-order chi connectivity index (χ0) is 12.3. The average molecular weight is 222 g/mol. The molecule has 2 N–H and O–H groups in total. The summed E-state index contributed by atoms with van der Waals surface area (Å²) in [5.41, 5.74) is 8.32. The largest absolute Gasteiger partial charge is 0.330 e. The zero-order valence-electron chi connectivity index (χ0n) is 9.99. The number of benzene rings is 1. The van der Waals surface area contributed by atoms with E-state index in [0.29, 0.717) is 12.5 Å². The van der Waals surface area contributed by atoms with Gasteiger partial charge in [0.1, 0.15) is 0 Å². The Balaban J connectivity index is 3.14. The van der Waals surface area contributed by atoms with E-state index in [0.717, 1.165) is 23.1 Å². The van der Waals surface area contributed by atoms with Crippen molar-refractivity contribution < 1.29 is 4.92 Å². The normalized spacial score (nSPS) is 12.5. The van der Waals surface area contributed by atoms with E-state index in [1.165, 1.54) is 0 Å². The van der Waals surface area contributed by atoms with Gasteiger partial charge in [-0.3, -0.25) is 10.1 Å². The highest BCUT2D eigenvalue weighted by Gasteiger charge is 2.17. The van der Waals surface area contributed by atoms with Crippen LogP contribution in [0.2, 0.25) is 0 Å². The van der Waals surface area contributed by atoms with Crippen LogP contribution in [0.4, 0.5) is 5.69 Å². The third-order valence-electron chi connectivity index (χ3n) is 2.86. The molecular weight excluding hydrogens is 204 g/mol. The van der Waals surface area contributed by atoms with Crippen LogP contribution in [0.1, 0.15) is 36.0 Å². The fourth-order valence-electron chi connectivity index (χ4n) is 1.98. The summed E-state index contributed by atoms with van der Waals surface area (Å²) < 4.78 is 0. The second-order valence-corrected chi connectivity index (χ2v) is 4.24. The van der Waals surface area contributed by atoms with Crippen LogP contribution in [0.25, 0.3) is 0 Å². The molecule has 1 aromatic carbocycles. The first-order valence-electron chi connectivity index (χ1n) is 5.43. The molecule has 1 aromatic rings. The van der Waals surface area contributed by atoms with Crippen molar-refractivity contribution in [1.82, 2.24) is 0 Å². The Morgan fingerprint density at radius 1 is 1.38 bits per heavy atom. The van der Waals surface area contributed by atoms with Gasteiger partial charge in [-0.1, -0.05) is 6.92 Å². The Morgan fingerprint density at radius 2 is 1.88 bits per heavy atom. The average Bonchev–Trinajstić information content (AvgIpc) is 2.16. The fourth-order valence-corrected chi connectivity index (χ4v) is 1.98. The maximum absolute atomic E-state index is 10.8. The van der Waals surface area contributed by atoms with E-state index in [1.807, 2.05) is 12.1 Å². The molecule has 0 aliphatic carbocycles. The van der Waals surface area contributed by atoms with E-state index in [9.17, 15) is 10.1 Å². The van der Waals surface area contributed by atoms with Crippen LogP contribution in [0.5, 0.6) is 0 Å². The van der Waals surface area contributed by atoms with Gasteiger partial charge in [-0.2, -0.15) is 0 Å². The molecule has 0 bridgehead atoms. The summed E-state index contributed by atoms with van der Waals surface area (Å²) >= 11 is 0. The standard InChI is InChI=1S/C12H18N2O2/c1-8(4-5-13)11-6-9(2)12(14(15)16)10(3)7-11/h6-8H,4-5,13H2,1-3H3. The lowest BCUT2D eigenvalue weighted by Gasteiger charge is -2.12. The monoisotopic (exact) mass is 222 g/mol. The lowest BCUT2D eigenvalue weighted by Crippen LogP contribution is -2.06. The van der Waals surface area contributed by atoms with Crippen molar-refractivity contribution in [3.8, 4) is 0 Å². The first-order valence-corrected chi connectivity index (χ1v) is 5.43. The molecule has 0 heterocycles. The van der Waals surface area contributed by atoms with Gasteiger partial charge in [0.15, 0.2) is 0 Å². The maximum Gasteiger partial charge on any atom is 0.275 e. The van der Waals surface area contributed by atoms with Gasteiger partial charge in [-0.05, 0) is 50.4 Å². The molecule has 0 amide bonds. The molecule has 0 aliphatic heterocycles. The Hall–Kier alpha value is -1.42. The van der Waals surface area contributed by atoms with E-state index < -0.39 is 0 Å². The molecule has 1 rings (SSSR count). The minimum atomic E-state index is -0.317. The molecule has 0 saturated carbocycles. The number of hydrogen-bond acceptors (Lipinski definition) is 3. The smallest absolute Gasteiger partial charge is 0.275 e. The number of nitrogens with zero attached hydrogens (tertiary/aromatic N) is 1. The lowest BCUT2D eigenvalue weighted by molar-refractivity contribution is -0.386. The Labute approximate surface area is 95.6 Å². The first kappa shape index (κ1) is 12.6. The van der Waals surface area contributed by atoms with Crippen molar-refractivity contribution in [1.29, 1.82) is 0 Å². The van der Waals surface area contributed by atoms with Crippen molar-refractivity contribution in [2.45, 2.75) is 33.1 Å². The van der Waals surface area contributed by atoms with Crippen molar-refractivity contribution in [3.05, 3.63) is 38.9 Å². The van der Waals surface area contributed by atoms with Gasteiger partial charge >= 0.3 is 0 Å². The Kier molecular flexibility index (Phi) is 4.01. The number of rotatable bonds is 4. The second-order valence-electron chi connectivity index (χ2n) is 4.24. The van der Waals surface area contributed by atoms with E-state index in [-0.39, 0.29) is 10.6 Å². The highest BCUT2D eigenvalue weighted by Crippen LogP contribution is 2.28. The molecule has 16 heavy (non-hydrogen) atoms. The Bertz CT molecular complexity index is 379. The van der Waals surface area contributed by atoms with E-state index >= 15 is 0 Å². The highest BCUT2D eigenvalue weighted by molar-refractivity contribution is 5.49. The van der Waals surface area contributed by atoms with Crippen LogP contribution in [0.3, 0.4) is 0 Å². The third-order valence-corrected chi connectivity index (χ3v) is 2.86. The van der Waals surface area contributed by atoms with Crippen molar-refractivity contribution in [2.24, 2.45) is 5.73 Å².